The summed E-state index contributed by atoms with van der Waals surface area (Å²) in [7, 11) is -0.509. The molecule has 0 bridgehead atoms. The summed E-state index contributed by atoms with van der Waals surface area (Å²) in [6.07, 6.45) is 1.77. The SMILES string of the molecule is CC1(C)OB(c2ccn(-c3cccc(F)c3)n2)OC1(C)C. The van der Waals surface area contributed by atoms with Crippen molar-refractivity contribution in [1.82, 2.24) is 9.78 Å². The van der Waals surface area contributed by atoms with Crippen LogP contribution in [0.3, 0.4) is 0 Å². The third kappa shape index (κ3) is 2.49. The van der Waals surface area contributed by atoms with Crippen molar-refractivity contribution in [3.8, 4) is 5.69 Å². The molecule has 2 aromatic rings. The van der Waals surface area contributed by atoms with Gasteiger partial charge in [-0.3, -0.25) is 0 Å². The van der Waals surface area contributed by atoms with Crippen LogP contribution in [-0.2, 0) is 9.31 Å². The van der Waals surface area contributed by atoms with E-state index in [-0.39, 0.29) is 5.82 Å². The average Bonchev–Trinajstić information content (AvgIpc) is 2.93. The molecule has 0 N–H and O–H groups in total. The van der Waals surface area contributed by atoms with E-state index >= 15 is 0 Å². The van der Waals surface area contributed by atoms with Gasteiger partial charge in [-0.05, 0) is 52.0 Å². The monoisotopic (exact) mass is 288 g/mol. The molecule has 4 nitrogen and oxygen atoms in total. The first-order valence-corrected chi connectivity index (χ1v) is 6.96. The maximum atomic E-state index is 13.3. The number of benzene rings is 1. The molecule has 2 heterocycles. The van der Waals surface area contributed by atoms with E-state index in [0.717, 1.165) is 0 Å². The van der Waals surface area contributed by atoms with Crippen LogP contribution < -0.4 is 5.59 Å². The molecule has 0 aliphatic carbocycles. The third-order valence-corrected chi connectivity index (χ3v) is 4.18. The number of hydrogen-bond donors (Lipinski definition) is 0. The number of halogens is 1. The summed E-state index contributed by atoms with van der Waals surface area (Å²) in [5.74, 6) is -0.291. The molecular weight excluding hydrogens is 270 g/mol. The van der Waals surface area contributed by atoms with Crippen molar-refractivity contribution in [1.29, 1.82) is 0 Å². The fourth-order valence-electron chi connectivity index (χ4n) is 2.19. The lowest BCUT2D eigenvalue weighted by Crippen LogP contribution is -2.41. The van der Waals surface area contributed by atoms with Crippen molar-refractivity contribution in [2.24, 2.45) is 0 Å². The van der Waals surface area contributed by atoms with Gasteiger partial charge < -0.3 is 9.31 Å². The van der Waals surface area contributed by atoms with Crippen LogP contribution in [0.4, 0.5) is 4.39 Å². The van der Waals surface area contributed by atoms with Gasteiger partial charge in [0, 0.05) is 6.20 Å². The number of rotatable bonds is 2. The van der Waals surface area contributed by atoms with Gasteiger partial charge in [0.1, 0.15) is 5.82 Å². The normalized spacial score (nSPS) is 20.0. The van der Waals surface area contributed by atoms with E-state index in [1.807, 2.05) is 33.8 Å². The maximum absolute atomic E-state index is 13.3. The van der Waals surface area contributed by atoms with Gasteiger partial charge >= 0.3 is 7.12 Å². The summed E-state index contributed by atoms with van der Waals surface area (Å²) in [6.45, 7) is 7.99. The first-order valence-electron chi connectivity index (χ1n) is 6.96. The molecule has 1 aliphatic rings. The Morgan fingerprint density at radius 2 is 1.76 bits per heavy atom. The lowest BCUT2D eigenvalue weighted by atomic mass is 9.85. The molecule has 1 aromatic heterocycles. The van der Waals surface area contributed by atoms with E-state index in [4.69, 9.17) is 9.31 Å². The van der Waals surface area contributed by atoms with Crippen LogP contribution in [0, 0.1) is 5.82 Å². The Hall–Kier alpha value is -1.66. The van der Waals surface area contributed by atoms with Crippen LogP contribution in [0.15, 0.2) is 36.5 Å². The van der Waals surface area contributed by atoms with Gasteiger partial charge in [-0.2, -0.15) is 5.10 Å². The molecule has 0 atom stereocenters. The maximum Gasteiger partial charge on any atom is 0.516 e. The molecule has 0 saturated carbocycles. The highest BCUT2D eigenvalue weighted by Crippen LogP contribution is 2.36. The van der Waals surface area contributed by atoms with Crippen LogP contribution in [-0.4, -0.2) is 28.1 Å². The van der Waals surface area contributed by atoms with Gasteiger partial charge in [0.05, 0.1) is 22.5 Å². The molecule has 1 aromatic carbocycles. The fourth-order valence-corrected chi connectivity index (χ4v) is 2.19. The highest BCUT2D eigenvalue weighted by Gasteiger charge is 2.52. The van der Waals surface area contributed by atoms with E-state index in [2.05, 4.69) is 5.10 Å². The van der Waals surface area contributed by atoms with Gasteiger partial charge in [0.2, 0.25) is 0 Å². The molecule has 0 radical (unpaired) electrons. The van der Waals surface area contributed by atoms with Crippen LogP contribution in [0.1, 0.15) is 27.7 Å². The first-order chi connectivity index (χ1) is 9.78. The average molecular weight is 288 g/mol. The van der Waals surface area contributed by atoms with Crippen molar-refractivity contribution in [3.05, 3.63) is 42.3 Å². The Balaban J connectivity index is 1.87. The summed E-state index contributed by atoms with van der Waals surface area (Å²) in [4.78, 5) is 0. The van der Waals surface area contributed by atoms with Gasteiger partial charge in [-0.1, -0.05) is 6.07 Å². The topological polar surface area (TPSA) is 36.3 Å². The minimum atomic E-state index is -0.509. The smallest absolute Gasteiger partial charge is 0.398 e. The summed E-state index contributed by atoms with van der Waals surface area (Å²) >= 11 is 0. The molecule has 0 amide bonds. The van der Waals surface area contributed by atoms with Crippen LogP contribution in [0.5, 0.6) is 0 Å². The summed E-state index contributed by atoms with van der Waals surface area (Å²) in [6, 6.07) is 8.11. The number of aromatic nitrogens is 2. The van der Waals surface area contributed by atoms with Gasteiger partial charge in [0.25, 0.3) is 0 Å². The predicted molar refractivity (Wildman–Crippen MR) is 79.2 cm³/mol. The van der Waals surface area contributed by atoms with Crippen LogP contribution in [0.2, 0.25) is 0 Å². The molecule has 1 saturated heterocycles. The van der Waals surface area contributed by atoms with E-state index < -0.39 is 18.3 Å². The lowest BCUT2D eigenvalue weighted by Gasteiger charge is -2.32. The van der Waals surface area contributed by atoms with Crippen LogP contribution in [0.25, 0.3) is 5.69 Å². The number of nitrogens with zero attached hydrogens (tertiary/aromatic N) is 2. The molecule has 1 aliphatic heterocycles. The van der Waals surface area contributed by atoms with Crippen molar-refractivity contribution >= 4 is 12.7 Å². The Morgan fingerprint density at radius 1 is 1.10 bits per heavy atom. The molecule has 0 unspecified atom stereocenters. The van der Waals surface area contributed by atoms with E-state index in [1.54, 1.807) is 23.0 Å². The van der Waals surface area contributed by atoms with E-state index in [1.165, 1.54) is 12.1 Å². The Morgan fingerprint density at radius 3 is 2.38 bits per heavy atom. The van der Waals surface area contributed by atoms with E-state index in [0.29, 0.717) is 11.3 Å². The molecule has 6 heteroatoms. The summed E-state index contributed by atoms with van der Waals surface area (Å²) in [5.41, 5.74) is 0.538. The highest BCUT2D eigenvalue weighted by molar-refractivity contribution is 6.61. The summed E-state index contributed by atoms with van der Waals surface area (Å²) in [5, 5.41) is 4.43. The molecular formula is C15H18BFN2O2. The van der Waals surface area contributed by atoms with E-state index in [9.17, 15) is 4.39 Å². The van der Waals surface area contributed by atoms with Crippen molar-refractivity contribution < 1.29 is 13.7 Å². The summed E-state index contributed by atoms with van der Waals surface area (Å²) < 4.78 is 26.8. The van der Waals surface area contributed by atoms with Crippen LogP contribution >= 0.6 is 0 Å². The Bertz CT molecular complexity index is 653. The second-order valence-electron chi connectivity index (χ2n) is 6.25. The van der Waals surface area contributed by atoms with Gasteiger partial charge in [-0.15, -0.1) is 0 Å². The second kappa shape index (κ2) is 4.68. The second-order valence-corrected chi connectivity index (χ2v) is 6.25. The van der Waals surface area contributed by atoms with Gasteiger partial charge in [-0.25, -0.2) is 9.07 Å². The minimum Gasteiger partial charge on any atom is -0.398 e. The highest BCUT2D eigenvalue weighted by atomic mass is 19.1. The molecule has 1 fully saturated rings. The van der Waals surface area contributed by atoms with Crippen molar-refractivity contribution in [2.45, 2.75) is 38.9 Å². The van der Waals surface area contributed by atoms with Crippen molar-refractivity contribution in [3.63, 3.8) is 0 Å². The molecule has 0 spiro atoms. The molecule has 3 rings (SSSR count). The molecule has 110 valence electrons. The number of hydrogen-bond acceptors (Lipinski definition) is 3. The fraction of sp³-hybridized carbons (Fsp3) is 0.400. The Kier molecular flexibility index (Phi) is 3.18. The first kappa shape index (κ1) is 14.3. The zero-order chi connectivity index (χ0) is 15.3. The predicted octanol–water partition coefficient (Wildman–Crippen LogP) is 2.31. The largest absolute Gasteiger partial charge is 0.516 e. The third-order valence-electron chi connectivity index (χ3n) is 4.18. The standard InChI is InChI=1S/C15H18BFN2O2/c1-14(2)15(3,4)21-16(20-14)13-8-9-19(18-13)12-7-5-6-11(17)10-12/h5-10H,1-4H3. The quantitative estimate of drug-likeness (QED) is 0.796. The zero-order valence-electron chi connectivity index (χ0n) is 12.6. The zero-order valence-corrected chi connectivity index (χ0v) is 12.6. The molecule has 21 heavy (non-hydrogen) atoms. The van der Waals surface area contributed by atoms with Crippen molar-refractivity contribution in [2.75, 3.05) is 0 Å². The Labute approximate surface area is 124 Å². The minimum absolute atomic E-state index is 0.291. The van der Waals surface area contributed by atoms with Gasteiger partial charge in [0.15, 0.2) is 0 Å². The lowest BCUT2D eigenvalue weighted by molar-refractivity contribution is 0.00578.